The topological polar surface area (TPSA) is 114 Å². The van der Waals surface area contributed by atoms with E-state index in [2.05, 4.69) is 43.2 Å². The van der Waals surface area contributed by atoms with E-state index < -0.39 is 10.9 Å². The Kier molecular flexibility index (Phi) is 31.1. The van der Waals surface area contributed by atoms with Crippen LogP contribution in [0.15, 0.2) is 9.59 Å². The fourth-order valence-electron chi connectivity index (χ4n) is 7.25. The Hall–Kier alpha value is -2.42. The molecule has 9 heteroatoms. The summed E-state index contributed by atoms with van der Waals surface area (Å²) in [4.78, 5) is 51.1. The molecule has 314 valence electrons. The molecule has 0 aliphatic heterocycles. The molecule has 2 N–H and O–H groups in total. The molecule has 0 atom stereocenters. The molecule has 0 aromatic heterocycles. The monoisotopic (exact) mass is 762 g/mol. The minimum Gasteiger partial charge on any atom is -0.465 e. The molecule has 1 rings (SSSR count). The van der Waals surface area contributed by atoms with Crippen LogP contribution >= 0.6 is 0 Å². The molecule has 0 amide bonds. The lowest BCUT2D eigenvalue weighted by atomic mass is 9.96. The summed E-state index contributed by atoms with van der Waals surface area (Å²) < 4.78 is 11.5. The van der Waals surface area contributed by atoms with Crippen LogP contribution < -0.4 is 21.5 Å². The van der Waals surface area contributed by atoms with Gasteiger partial charge in [0.25, 0.3) is 10.9 Å². The Morgan fingerprint density at radius 2 is 1.04 bits per heavy atom. The summed E-state index contributed by atoms with van der Waals surface area (Å²) in [5.74, 6) is 0.448. The quantitative estimate of drug-likeness (QED) is 0.0384. The lowest BCUT2D eigenvalue weighted by molar-refractivity contribution is -0.150. The smallest absolute Gasteiger partial charge is 0.306 e. The molecule has 0 spiro atoms. The largest absolute Gasteiger partial charge is 0.465 e. The number of carbonyl (C=O) groups is 2. The summed E-state index contributed by atoms with van der Waals surface area (Å²) in [6.45, 7) is 13.1. The van der Waals surface area contributed by atoms with E-state index in [4.69, 9.17) is 9.47 Å². The highest BCUT2D eigenvalue weighted by Gasteiger charge is 2.19. The number of carbonyl (C=O) groups excluding carboxylic acids is 2. The van der Waals surface area contributed by atoms with E-state index in [9.17, 15) is 19.2 Å². The zero-order chi connectivity index (χ0) is 39.7. The first-order valence-electron chi connectivity index (χ1n) is 22.6. The second-order valence-electron chi connectivity index (χ2n) is 15.8. The molecule has 0 aliphatic carbocycles. The average Bonchev–Trinajstić information content (AvgIpc) is 3.17. The molecule has 1 aromatic carbocycles. The first kappa shape index (κ1) is 49.6. The minimum atomic E-state index is -0.442. The molecule has 1 aromatic rings. The number of rotatable bonds is 39. The molecule has 0 saturated carbocycles. The summed E-state index contributed by atoms with van der Waals surface area (Å²) in [6.07, 6.45) is 28.9. The van der Waals surface area contributed by atoms with Crippen LogP contribution in [-0.2, 0) is 19.1 Å². The number of nitrogens with zero attached hydrogens (tertiary/aromatic N) is 1. The summed E-state index contributed by atoms with van der Waals surface area (Å²) in [5.41, 5.74) is -0.0689. The van der Waals surface area contributed by atoms with Crippen molar-refractivity contribution in [3.8, 4) is 0 Å². The second kappa shape index (κ2) is 33.9. The molecule has 0 radical (unpaired) electrons. The molecule has 0 heterocycles. The van der Waals surface area contributed by atoms with Crippen LogP contribution in [-0.4, -0.2) is 62.8 Å². The summed E-state index contributed by atoms with van der Waals surface area (Å²) in [6, 6.07) is 0. The van der Waals surface area contributed by atoms with E-state index in [0.717, 1.165) is 129 Å². The number of nitrogens with one attached hydrogen (secondary N) is 2. The van der Waals surface area contributed by atoms with Gasteiger partial charge in [-0.15, -0.1) is 0 Å². The maximum Gasteiger partial charge on any atom is 0.306 e. The predicted molar refractivity (Wildman–Crippen MR) is 228 cm³/mol. The fourth-order valence-corrected chi connectivity index (χ4v) is 7.25. The van der Waals surface area contributed by atoms with Crippen LogP contribution in [0.5, 0.6) is 0 Å². The van der Waals surface area contributed by atoms with Gasteiger partial charge in [0, 0.05) is 26.4 Å². The van der Waals surface area contributed by atoms with E-state index in [1.54, 1.807) is 7.05 Å². The van der Waals surface area contributed by atoms with Gasteiger partial charge in [0.1, 0.15) is 17.5 Å². The van der Waals surface area contributed by atoms with Crippen molar-refractivity contribution >= 4 is 23.3 Å². The Balaban J connectivity index is 2.38. The maximum atomic E-state index is 12.5. The lowest BCUT2D eigenvalue weighted by Crippen LogP contribution is -2.37. The van der Waals surface area contributed by atoms with Gasteiger partial charge in [-0.1, -0.05) is 130 Å². The Bertz CT molecular complexity index is 1120. The molecule has 54 heavy (non-hydrogen) atoms. The number of hydrogen-bond acceptors (Lipinski definition) is 9. The number of esters is 2. The summed E-state index contributed by atoms with van der Waals surface area (Å²) in [5, 5.41) is 5.99. The van der Waals surface area contributed by atoms with Crippen LogP contribution in [0.3, 0.4) is 0 Å². The van der Waals surface area contributed by atoms with Gasteiger partial charge in [0.15, 0.2) is 0 Å². The van der Waals surface area contributed by atoms with Crippen LogP contribution in [0.1, 0.15) is 201 Å². The van der Waals surface area contributed by atoms with E-state index >= 15 is 0 Å². The van der Waals surface area contributed by atoms with Gasteiger partial charge in [-0.05, 0) is 83.3 Å². The van der Waals surface area contributed by atoms with Crippen LogP contribution in [0.25, 0.3) is 0 Å². The van der Waals surface area contributed by atoms with Crippen molar-refractivity contribution in [1.29, 1.82) is 0 Å². The highest BCUT2D eigenvalue weighted by Crippen LogP contribution is 2.19. The molecule has 0 aliphatic rings. The third-order valence-electron chi connectivity index (χ3n) is 10.8. The number of ether oxygens (including phenoxy) is 2. The van der Waals surface area contributed by atoms with E-state index in [-0.39, 0.29) is 18.0 Å². The predicted octanol–water partition coefficient (Wildman–Crippen LogP) is 10.7. The molecule has 0 unspecified atom stereocenters. The zero-order valence-electron chi connectivity index (χ0n) is 35.7. The Morgan fingerprint density at radius 3 is 1.57 bits per heavy atom. The molecule has 0 saturated heterocycles. The van der Waals surface area contributed by atoms with Gasteiger partial charge in [0.2, 0.25) is 0 Å². The number of unbranched alkanes of at least 4 members (excludes halogenated alkanes) is 14. The molecular weight excluding hydrogens is 679 g/mol. The Labute approximate surface area is 330 Å². The van der Waals surface area contributed by atoms with Gasteiger partial charge >= 0.3 is 11.9 Å². The van der Waals surface area contributed by atoms with Crippen molar-refractivity contribution in [3.63, 3.8) is 0 Å². The fraction of sp³-hybridized carbons (Fsp3) is 0.867. The van der Waals surface area contributed by atoms with Crippen molar-refractivity contribution in [2.75, 3.05) is 50.5 Å². The van der Waals surface area contributed by atoms with Crippen molar-refractivity contribution in [2.24, 2.45) is 5.92 Å². The molecule has 0 fully saturated rings. The van der Waals surface area contributed by atoms with Crippen molar-refractivity contribution in [2.45, 2.75) is 207 Å². The SMILES string of the molecule is CCCCCC(CCCCC)COC(=O)CCCCCCCN(CCCCCCCC(=O)OC(CCCC)CCCC)CCCNc1c(NC)c(=O)c1=O. The number of anilines is 2. The van der Waals surface area contributed by atoms with Gasteiger partial charge < -0.3 is 25.0 Å². The molecular formula is C45H83N3O6. The second-order valence-corrected chi connectivity index (χ2v) is 15.8. The third-order valence-corrected chi connectivity index (χ3v) is 10.8. The first-order chi connectivity index (χ1) is 26.3. The van der Waals surface area contributed by atoms with Gasteiger partial charge in [-0.3, -0.25) is 19.2 Å². The standard InChI is InChI=1S/C45H83N3O6/c1-6-10-20-27-38(28-21-11-7-2)37-53-40(49)31-22-16-14-18-24-34-48(36-26-33-47-43-42(46-5)44(51)45(43)52)35-25-19-15-17-23-32-41(50)54-39(29-12-8-3)30-13-9-4/h38-39,46-47H,6-37H2,1-5H3. The van der Waals surface area contributed by atoms with E-state index in [1.807, 2.05) is 0 Å². The van der Waals surface area contributed by atoms with Gasteiger partial charge in [-0.25, -0.2) is 0 Å². The highest BCUT2D eigenvalue weighted by molar-refractivity contribution is 5.73. The summed E-state index contributed by atoms with van der Waals surface area (Å²) in [7, 11) is 1.67. The van der Waals surface area contributed by atoms with Crippen LogP contribution in [0, 0.1) is 5.92 Å². The lowest BCUT2D eigenvalue weighted by Gasteiger charge is -2.23. The van der Waals surface area contributed by atoms with Crippen molar-refractivity contribution in [3.05, 3.63) is 20.4 Å². The van der Waals surface area contributed by atoms with E-state index in [0.29, 0.717) is 43.3 Å². The van der Waals surface area contributed by atoms with Crippen molar-refractivity contribution < 1.29 is 19.1 Å². The highest BCUT2D eigenvalue weighted by atomic mass is 16.5. The van der Waals surface area contributed by atoms with Crippen LogP contribution in [0.2, 0.25) is 0 Å². The van der Waals surface area contributed by atoms with Gasteiger partial charge in [0.05, 0.1) is 6.61 Å². The molecule has 0 bridgehead atoms. The normalized spacial score (nSPS) is 11.6. The third kappa shape index (κ3) is 24.2. The minimum absolute atomic E-state index is 0.0306. The van der Waals surface area contributed by atoms with Crippen molar-refractivity contribution in [1.82, 2.24) is 4.90 Å². The van der Waals surface area contributed by atoms with Gasteiger partial charge in [-0.2, -0.15) is 0 Å². The summed E-state index contributed by atoms with van der Waals surface area (Å²) >= 11 is 0. The maximum absolute atomic E-state index is 12.5. The number of hydrogen-bond donors (Lipinski definition) is 2. The zero-order valence-corrected chi connectivity index (χ0v) is 35.7. The molecule has 9 nitrogen and oxygen atoms in total. The van der Waals surface area contributed by atoms with Crippen LogP contribution in [0.4, 0.5) is 11.4 Å². The Morgan fingerprint density at radius 1 is 0.556 bits per heavy atom. The van der Waals surface area contributed by atoms with E-state index in [1.165, 1.54) is 51.4 Å². The first-order valence-corrected chi connectivity index (χ1v) is 22.6. The average molecular weight is 762 g/mol.